The standard InChI is InChI=1S/C3H3IN4/c4-2-6-1-7-3(5)8-2/h1H,(H2,5,6,7,8). The van der Waals surface area contributed by atoms with Crippen LogP contribution >= 0.6 is 22.6 Å². The van der Waals surface area contributed by atoms with Crippen LogP contribution < -0.4 is 5.73 Å². The number of nitrogen functional groups attached to an aromatic ring is 1. The van der Waals surface area contributed by atoms with Crippen molar-refractivity contribution in [1.29, 1.82) is 0 Å². The highest BCUT2D eigenvalue weighted by molar-refractivity contribution is 14.1. The van der Waals surface area contributed by atoms with Crippen molar-refractivity contribution in [3.8, 4) is 0 Å². The molecule has 0 aliphatic heterocycles. The van der Waals surface area contributed by atoms with E-state index in [1.54, 1.807) is 0 Å². The average Bonchev–Trinajstić information content (AvgIpc) is 1.64. The lowest BCUT2D eigenvalue weighted by Crippen LogP contribution is -1.96. The van der Waals surface area contributed by atoms with Crippen LogP contribution in [0.2, 0.25) is 0 Å². The van der Waals surface area contributed by atoms with E-state index in [4.69, 9.17) is 5.73 Å². The van der Waals surface area contributed by atoms with Gasteiger partial charge >= 0.3 is 0 Å². The number of nitrogens with two attached hydrogens (primary N) is 1. The fourth-order valence-corrected chi connectivity index (χ4v) is 0.660. The Morgan fingerprint density at radius 2 is 2.25 bits per heavy atom. The third-order valence-corrected chi connectivity index (χ3v) is 1.08. The Morgan fingerprint density at radius 3 is 2.62 bits per heavy atom. The Labute approximate surface area is 59.7 Å². The zero-order valence-electron chi connectivity index (χ0n) is 3.87. The second-order valence-corrected chi connectivity index (χ2v) is 2.08. The monoisotopic (exact) mass is 222 g/mol. The number of aromatic nitrogens is 3. The van der Waals surface area contributed by atoms with E-state index in [2.05, 4.69) is 15.0 Å². The molecule has 0 aliphatic rings. The first-order chi connectivity index (χ1) is 3.79. The average molecular weight is 222 g/mol. The van der Waals surface area contributed by atoms with Gasteiger partial charge in [0.2, 0.25) is 5.95 Å². The van der Waals surface area contributed by atoms with Crippen LogP contribution in [0, 0.1) is 3.83 Å². The number of nitrogens with zero attached hydrogens (tertiary/aromatic N) is 3. The van der Waals surface area contributed by atoms with Gasteiger partial charge in [0.25, 0.3) is 0 Å². The van der Waals surface area contributed by atoms with Gasteiger partial charge in [0.15, 0.2) is 3.83 Å². The summed E-state index contributed by atoms with van der Waals surface area (Å²) in [5.74, 6) is 0.268. The molecule has 1 aromatic heterocycles. The molecule has 0 amide bonds. The van der Waals surface area contributed by atoms with Gasteiger partial charge in [0.05, 0.1) is 0 Å². The SMILES string of the molecule is Nc1ncnc(I)n1. The maximum absolute atomic E-state index is 5.19. The van der Waals surface area contributed by atoms with Crippen LogP contribution in [0.5, 0.6) is 0 Å². The van der Waals surface area contributed by atoms with Gasteiger partial charge in [-0.1, -0.05) is 0 Å². The Bertz CT molecular complexity index is 171. The lowest BCUT2D eigenvalue weighted by atomic mass is 11.0. The minimum absolute atomic E-state index is 0.268. The number of hydrogen-bond donors (Lipinski definition) is 1. The molecule has 0 saturated heterocycles. The van der Waals surface area contributed by atoms with Crippen molar-refractivity contribution >= 4 is 28.5 Å². The second kappa shape index (κ2) is 2.21. The molecule has 0 unspecified atom stereocenters. The summed E-state index contributed by atoms with van der Waals surface area (Å²) in [7, 11) is 0. The van der Waals surface area contributed by atoms with E-state index in [0.717, 1.165) is 0 Å². The predicted octanol–water partition coefficient (Wildman–Crippen LogP) is 0.0584. The van der Waals surface area contributed by atoms with E-state index in [1.807, 2.05) is 22.6 Å². The largest absolute Gasteiger partial charge is 0.368 e. The molecule has 1 aromatic rings. The van der Waals surface area contributed by atoms with Gasteiger partial charge in [-0.25, -0.2) is 9.97 Å². The van der Waals surface area contributed by atoms with Crippen LogP contribution in [-0.4, -0.2) is 15.0 Å². The molecule has 0 fully saturated rings. The van der Waals surface area contributed by atoms with Crippen molar-refractivity contribution in [2.24, 2.45) is 0 Å². The summed E-state index contributed by atoms with van der Waals surface area (Å²) in [6.45, 7) is 0. The van der Waals surface area contributed by atoms with Crippen molar-refractivity contribution in [1.82, 2.24) is 15.0 Å². The third-order valence-electron chi connectivity index (χ3n) is 0.561. The highest BCUT2D eigenvalue weighted by atomic mass is 127. The van der Waals surface area contributed by atoms with Gasteiger partial charge in [-0.3, -0.25) is 0 Å². The fraction of sp³-hybridized carbons (Fsp3) is 0. The summed E-state index contributed by atoms with van der Waals surface area (Å²) in [6, 6.07) is 0. The molecule has 0 aromatic carbocycles. The lowest BCUT2D eigenvalue weighted by Gasteiger charge is -1.86. The Hall–Kier alpha value is -0.460. The summed E-state index contributed by atoms with van der Waals surface area (Å²) in [5.41, 5.74) is 5.19. The molecule has 0 atom stereocenters. The van der Waals surface area contributed by atoms with Crippen molar-refractivity contribution in [2.45, 2.75) is 0 Å². The highest BCUT2D eigenvalue weighted by Gasteiger charge is 1.87. The van der Waals surface area contributed by atoms with E-state index >= 15 is 0 Å². The molecule has 4 nitrogen and oxygen atoms in total. The summed E-state index contributed by atoms with van der Waals surface area (Å²) < 4.78 is 0.620. The predicted molar refractivity (Wildman–Crippen MR) is 37.0 cm³/mol. The van der Waals surface area contributed by atoms with E-state index in [1.165, 1.54) is 6.33 Å². The molecule has 0 radical (unpaired) electrons. The maximum atomic E-state index is 5.19. The molecule has 42 valence electrons. The van der Waals surface area contributed by atoms with Gasteiger partial charge in [-0.2, -0.15) is 4.98 Å². The third kappa shape index (κ3) is 1.25. The van der Waals surface area contributed by atoms with Crippen LogP contribution in [0.25, 0.3) is 0 Å². The Kier molecular flexibility index (Phi) is 1.56. The molecule has 2 N–H and O–H groups in total. The zero-order chi connectivity index (χ0) is 5.98. The minimum atomic E-state index is 0.268. The van der Waals surface area contributed by atoms with Crippen LogP contribution in [0.3, 0.4) is 0 Å². The maximum Gasteiger partial charge on any atom is 0.223 e. The van der Waals surface area contributed by atoms with Gasteiger partial charge in [0, 0.05) is 22.6 Å². The smallest absolute Gasteiger partial charge is 0.223 e. The van der Waals surface area contributed by atoms with Crippen molar-refractivity contribution < 1.29 is 0 Å². The summed E-state index contributed by atoms with van der Waals surface area (Å²) >= 11 is 1.96. The van der Waals surface area contributed by atoms with Gasteiger partial charge < -0.3 is 5.73 Å². The van der Waals surface area contributed by atoms with Crippen molar-refractivity contribution in [3.05, 3.63) is 10.2 Å². The molecular weight excluding hydrogens is 219 g/mol. The molecule has 0 aliphatic carbocycles. The van der Waals surface area contributed by atoms with E-state index in [9.17, 15) is 0 Å². The van der Waals surface area contributed by atoms with Crippen LogP contribution in [0.15, 0.2) is 6.33 Å². The number of hydrogen-bond acceptors (Lipinski definition) is 4. The van der Waals surface area contributed by atoms with Crippen LogP contribution in [0.1, 0.15) is 0 Å². The van der Waals surface area contributed by atoms with Crippen LogP contribution in [-0.2, 0) is 0 Å². The Morgan fingerprint density at radius 1 is 1.50 bits per heavy atom. The molecule has 0 saturated carbocycles. The fourth-order valence-electron chi connectivity index (χ4n) is 0.288. The molecular formula is C3H3IN4. The second-order valence-electron chi connectivity index (χ2n) is 1.11. The first-order valence-corrected chi connectivity index (χ1v) is 2.97. The molecule has 1 heterocycles. The summed E-state index contributed by atoms with van der Waals surface area (Å²) in [6.07, 6.45) is 1.38. The van der Waals surface area contributed by atoms with Gasteiger partial charge in [0.1, 0.15) is 6.33 Å². The molecule has 0 bridgehead atoms. The van der Waals surface area contributed by atoms with Gasteiger partial charge in [-0.15, -0.1) is 0 Å². The van der Waals surface area contributed by atoms with Crippen molar-refractivity contribution in [3.63, 3.8) is 0 Å². The quantitative estimate of drug-likeness (QED) is 0.630. The van der Waals surface area contributed by atoms with E-state index < -0.39 is 0 Å². The number of halogens is 1. The van der Waals surface area contributed by atoms with E-state index in [-0.39, 0.29) is 5.95 Å². The zero-order valence-corrected chi connectivity index (χ0v) is 6.03. The topological polar surface area (TPSA) is 64.7 Å². The van der Waals surface area contributed by atoms with Crippen LogP contribution in [0.4, 0.5) is 5.95 Å². The normalized spacial score (nSPS) is 9.12. The van der Waals surface area contributed by atoms with Crippen molar-refractivity contribution in [2.75, 3.05) is 5.73 Å². The van der Waals surface area contributed by atoms with E-state index in [0.29, 0.717) is 3.83 Å². The molecule has 0 spiro atoms. The number of anilines is 1. The molecule has 5 heteroatoms. The highest BCUT2D eigenvalue weighted by Crippen LogP contribution is 1.93. The first kappa shape index (κ1) is 5.67. The molecule has 8 heavy (non-hydrogen) atoms. The Balaban J connectivity index is 3.08. The molecule has 1 rings (SSSR count). The van der Waals surface area contributed by atoms with Gasteiger partial charge in [-0.05, 0) is 0 Å². The summed E-state index contributed by atoms with van der Waals surface area (Å²) in [4.78, 5) is 11.0. The first-order valence-electron chi connectivity index (χ1n) is 1.89. The minimum Gasteiger partial charge on any atom is -0.368 e. The number of rotatable bonds is 0. The summed E-state index contributed by atoms with van der Waals surface area (Å²) in [5, 5.41) is 0. The lowest BCUT2D eigenvalue weighted by molar-refractivity contribution is 1.02.